The zero-order chi connectivity index (χ0) is 36.0. The van der Waals surface area contributed by atoms with Crippen LogP contribution in [0.15, 0.2) is 77.7 Å². The van der Waals surface area contributed by atoms with E-state index >= 15 is 0 Å². The molecule has 0 aliphatic carbocycles. The fraction of sp³-hybridized carbons (Fsp3) is 0.389. The van der Waals surface area contributed by atoms with E-state index in [0.717, 1.165) is 21.6 Å². The highest BCUT2D eigenvalue weighted by molar-refractivity contribution is 7.98. The molecule has 2 unspecified atom stereocenters. The Kier molecular flexibility index (Phi) is 15.0. The first kappa shape index (κ1) is 39.0. The smallest absolute Gasteiger partial charge is 0.407 e. The van der Waals surface area contributed by atoms with Crippen LogP contribution in [0.5, 0.6) is 0 Å². The third kappa shape index (κ3) is 13.5. The van der Waals surface area contributed by atoms with Crippen LogP contribution in [0, 0.1) is 17.2 Å². The first-order chi connectivity index (χ1) is 23.2. The van der Waals surface area contributed by atoms with Crippen molar-refractivity contribution in [2.24, 2.45) is 17.1 Å². The number of nitrogens with two attached hydrogens (primary N) is 1. The van der Waals surface area contributed by atoms with Gasteiger partial charge >= 0.3 is 6.09 Å². The Morgan fingerprint density at radius 1 is 0.878 bits per heavy atom. The Balaban J connectivity index is 1.35. The van der Waals surface area contributed by atoms with Gasteiger partial charge < -0.3 is 31.7 Å². The predicted octanol–water partition coefficient (Wildman–Crippen LogP) is 4.66. The maximum absolute atomic E-state index is 13.3. The molecule has 3 rings (SSSR count). The molecule has 0 saturated heterocycles. The van der Waals surface area contributed by atoms with Crippen LogP contribution in [0.1, 0.15) is 50.8 Å². The molecule has 3 aromatic rings. The summed E-state index contributed by atoms with van der Waals surface area (Å²) in [6.45, 7) is 7.55. The molecule has 11 nitrogen and oxygen atoms in total. The fourth-order valence-electron chi connectivity index (χ4n) is 4.66. The number of carbonyl (C=O) groups excluding carboxylic acids is 4. The molecule has 0 aromatic heterocycles. The van der Waals surface area contributed by atoms with Gasteiger partial charge in [0.1, 0.15) is 12.4 Å². The minimum Gasteiger partial charge on any atom is -0.445 e. The van der Waals surface area contributed by atoms with Gasteiger partial charge in [-0.15, -0.1) is 0 Å². The molecule has 0 radical (unpaired) electrons. The lowest BCUT2D eigenvalue weighted by molar-refractivity contribution is -0.128. The third-order valence-electron chi connectivity index (χ3n) is 7.85. The summed E-state index contributed by atoms with van der Waals surface area (Å²) in [5, 5.41) is 11.2. The van der Waals surface area contributed by atoms with Gasteiger partial charge in [0.15, 0.2) is 0 Å². The van der Waals surface area contributed by atoms with Crippen molar-refractivity contribution in [2.75, 3.05) is 18.9 Å². The first-order valence-corrected chi connectivity index (χ1v) is 16.9. The van der Waals surface area contributed by atoms with Crippen LogP contribution in [-0.4, -0.2) is 49.5 Å². The summed E-state index contributed by atoms with van der Waals surface area (Å²) in [6.07, 6.45) is 0.686. The van der Waals surface area contributed by atoms with Crippen LogP contribution in [0.4, 0.5) is 14.9 Å². The van der Waals surface area contributed by atoms with Crippen LogP contribution in [-0.2, 0) is 38.7 Å². The largest absolute Gasteiger partial charge is 0.445 e. The molecule has 13 heteroatoms. The standard InChI is InChI=1S/C36H47FN6O5S/c1-23(2)32(38)33(45)40-21-31(44)42-28-14-8-26(9-15-28)22-48-35(47)41-20-25-10-16-30(17-11-25)49-43-34(46)36(3,4)19-29(39-5)18-24-6-12-27(37)13-7-24/h6-17,23,29,32,39H,18-22,38H2,1-5H3,(H,40,45)(H,41,47)(H,42,44)(H,43,46). The fourth-order valence-corrected chi connectivity index (χ4v) is 5.42. The van der Waals surface area contributed by atoms with Crippen molar-refractivity contribution in [1.29, 1.82) is 0 Å². The van der Waals surface area contributed by atoms with E-state index in [9.17, 15) is 23.6 Å². The second-order valence-corrected chi connectivity index (χ2v) is 13.6. The van der Waals surface area contributed by atoms with E-state index in [2.05, 4.69) is 26.0 Å². The van der Waals surface area contributed by atoms with Crippen molar-refractivity contribution in [3.8, 4) is 0 Å². The Labute approximate surface area is 291 Å². The summed E-state index contributed by atoms with van der Waals surface area (Å²) in [4.78, 5) is 50.2. The number of hydrogen-bond donors (Lipinski definition) is 6. The minimum absolute atomic E-state index is 0.0378. The third-order valence-corrected chi connectivity index (χ3v) is 8.64. The van der Waals surface area contributed by atoms with Crippen molar-refractivity contribution in [3.05, 3.63) is 95.3 Å². The highest BCUT2D eigenvalue weighted by atomic mass is 32.2. The number of ether oxygens (including phenoxy) is 1. The van der Waals surface area contributed by atoms with Gasteiger partial charge in [-0.3, -0.25) is 19.1 Å². The van der Waals surface area contributed by atoms with Crippen molar-refractivity contribution >= 4 is 41.5 Å². The Bertz CT molecular complexity index is 1530. The van der Waals surface area contributed by atoms with E-state index in [1.165, 1.54) is 24.1 Å². The van der Waals surface area contributed by atoms with Gasteiger partial charge in [-0.2, -0.15) is 0 Å². The molecular formula is C36H47FN6O5S. The number of alkyl carbamates (subject to hydrolysis) is 1. The van der Waals surface area contributed by atoms with Crippen LogP contribution >= 0.6 is 11.9 Å². The molecular weight excluding hydrogens is 647 g/mol. The van der Waals surface area contributed by atoms with Crippen LogP contribution in [0.25, 0.3) is 0 Å². The van der Waals surface area contributed by atoms with E-state index in [4.69, 9.17) is 10.5 Å². The van der Waals surface area contributed by atoms with Gasteiger partial charge in [0, 0.05) is 28.6 Å². The van der Waals surface area contributed by atoms with Gasteiger partial charge in [0.25, 0.3) is 0 Å². The Hall–Kier alpha value is -4.46. The Morgan fingerprint density at radius 3 is 2.10 bits per heavy atom. The number of rotatable bonds is 17. The highest BCUT2D eigenvalue weighted by Gasteiger charge is 2.31. The van der Waals surface area contributed by atoms with Gasteiger partial charge in [-0.05, 0) is 90.8 Å². The lowest BCUT2D eigenvalue weighted by Crippen LogP contribution is -2.46. The summed E-state index contributed by atoms with van der Waals surface area (Å²) < 4.78 is 21.5. The SMILES string of the molecule is CNC(Cc1ccc(F)cc1)CC(C)(C)C(=O)NSc1ccc(CNC(=O)OCc2ccc(NC(=O)CNC(=O)C(N)C(C)C)cc2)cc1. The van der Waals surface area contributed by atoms with E-state index in [0.29, 0.717) is 18.5 Å². The number of nitrogens with one attached hydrogen (secondary N) is 5. The second-order valence-electron chi connectivity index (χ2n) is 12.7. The number of carbonyl (C=O) groups is 4. The maximum atomic E-state index is 13.3. The molecule has 264 valence electrons. The predicted molar refractivity (Wildman–Crippen MR) is 190 cm³/mol. The van der Waals surface area contributed by atoms with Crippen molar-refractivity contribution < 1.29 is 28.3 Å². The molecule has 0 saturated carbocycles. The molecule has 0 aliphatic heterocycles. The van der Waals surface area contributed by atoms with Gasteiger partial charge in [0.05, 0.1) is 12.6 Å². The molecule has 0 aliphatic rings. The molecule has 3 aromatic carbocycles. The van der Waals surface area contributed by atoms with Crippen LogP contribution < -0.4 is 31.7 Å². The van der Waals surface area contributed by atoms with Gasteiger partial charge in [-0.1, -0.05) is 64.1 Å². The molecule has 49 heavy (non-hydrogen) atoms. The van der Waals surface area contributed by atoms with Gasteiger partial charge in [-0.25, -0.2) is 9.18 Å². The molecule has 0 bridgehead atoms. The van der Waals surface area contributed by atoms with E-state index < -0.39 is 17.6 Å². The van der Waals surface area contributed by atoms with Gasteiger partial charge in [0.2, 0.25) is 17.7 Å². The zero-order valence-corrected chi connectivity index (χ0v) is 29.4. The van der Waals surface area contributed by atoms with Crippen LogP contribution in [0.2, 0.25) is 0 Å². The van der Waals surface area contributed by atoms with Crippen LogP contribution in [0.3, 0.4) is 0 Å². The normalized spacial score (nSPS) is 12.5. The zero-order valence-electron chi connectivity index (χ0n) is 28.6. The lowest BCUT2D eigenvalue weighted by Gasteiger charge is -2.28. The molecule has 7 N–H and O–H groups in total. The average Bonchev–Trinajstić information content (AvgIpc) is 3.08. The summed E-state index contributed by atoms with van der Waals surface area (Å²) in [7, 11) is 1.86. The molecule has 0 fully saturated rings. The average molecular weight is 695 g/mol. The molecule has 0 spiro atoms. The summed E-state index contributed by atoms with van der Waals surface area (Å²) in [5.74, 6) is -1.19. The van der Waals surface area contributed by atoms with Crippen molar-refractivity contribution in [3.63, 3.8) is 0 Å². The molecule has 4 amide bonds. The number of halogens is 1. The molecule has 2 atom stereocenters. The lowest BCUT2D eigenvalue weighted by atomic mass is 9.83. The number of benzene rings is 3. The summed E-state index contributed by atoms with van der Waals surface area (Å²) >= 11 is 1.23. The van der Waals surface area contributed by atoms with E-state index in [-0.39, 0.29) is 55.2 Å². The number of anilines is 1. The van der Waals surface area contributed by atoms with Crippen molar-refractivity contribution in [2.45, 2.75) is 70.7 Å². The topological polar surface area (TPSA) is 164 Å². The summed E-state index contributed by atoms with van der Waals surface area (Å²) in [5.41, 5.74) is 8.24. The first-order valence-electron chi connectivity index (χ1n) is 16.1. The highest BCUT2D eigenvalue weighted by Crippen LogP contribution is 2.27. The van der Waals surface area contributed by atoms with E-state index in [1.807, 2.05) is 59.0 Å². The quantitative estimate of drug-likeness (QED) is 0.111. The van der Waals surface area contributed by atoms with E-state index in [1.54, 1.807) is 36.4 Å². The number of likely N-dealkylation sites (N-methyl/N-ethyl adjacent to an activating group) is 1. The number of hydrogen-bond acceptors (Lipinski definition) is 8. The second kappa shape index (κ2) is 18.9. The summed E-state index contributed by atoms with van der Waals surface area (Å²) in [6, 6.07) is 20.0. The monoisotopic (exact) mass is 694 g/mol. The molecule has 0 heterocycles. The number of amides is 4. The minimum atomic E-state index is -0.682. The van der Waals surface area contributed by atoms with Crippen molar-refractivity contribution in [1.82, 2.24) is 20.7 Å². The maximum Gasteiger partial charge on any atom is 0.407 e. The Morgan fingerprint density at radius 2 is 1.49 bits per heavy atom.